The first-order valence-electron chi connectivity index (χ1n) is 8.13. The fourth-order valence-corrected chi connectivity index (χ4v) is 4.23. The molecule has 0 radical (unpaired) electrons. The number of amides is 1. The SMILES string of the molecule is CC(=O)Nc1ccc2c(COC(=O)C[C@H]3C=CS(=O)(=O)C3)cc(=O)oc2c1. The van der Waals surface area contributed by atoms with Crippen molar-refractivity contribution in [2.45, 2.75) is 20.0 Å². The molecule has 142 valence electrons. The predicted molar refractivity (Wildman–Crippen MR) is 97.6 cm³/mol. The smallest absolute Gasteiger partial charge is 0.336 e. The summed E-state index contributed by atoms with van der Waals surface area (Å²) < 4.78 is 33.1. The molecule has 1 N–H and O–H groups in total. The van der Waals surface area contributed by atoms with E-state index in [4.69, 9.17) is 9.15 Å². The summed E-state index contributed by atoms with van der Waals surface area (Å²) in [6.07, 6.45) is 1.43. The summed E-state index contributed by atoms with van der Waals surface area (Å²) in [6.45, 7) is 1.21. The number of esters is 1. The minimum atomic E-state index is -3.23. The average molecular weight is 391 g/mol. The van der Waals surface area contributed by atoms with Gasteiger partial charge < -0.3 is 14.5 Å². The summed E-state index contributed by atoms with van der Waals surface area (Å²) in [6, 6.07) is 6.04. The lowest BCUT2D eigenvalue weighted by molar-refractivity contribution is -0.145. The molecule has 0 spiro atoms. The molecule has 0 unspecified atom stereocenters. The Morgan fingerprint density at radius 1 is 1.30 bits per heavy atom. The van der Waals surface area contributed by atoms with E-state index in [1.54, 1.807) is 12.1 Å². The Morgan fingerprint density at radius 2 is 2.07 bits per heavy atom. The second-order valence-electron chi connectivity index (χ2n) is 6.27. The van der Waals surface area contributed by atoms with Crippen molar-refractivity contribution >= 4 is 38.4 Å². The number of carbonyl (C=O) groups excluding carboxylic acids is 2. The Hall–Kier alpha value is -2.94. The molecule has 0 saturated heterocycles. The summed E-state index contributed by atoms with van der Waals surface area (Å²) in [5.74, 6) is -1.32. The number of sulfone groups is 1. The van der Waals surface area contributed by atoms with E-state index in [0.29, 0.717) is 16.6 Å². The standard InChI is InChI=1S/C18H17NO7S/c1-11(20)19-14-2-3-15-13(7-18(22)26-16(15)8-14)9-25-17(21)6-12-4-5-27(23,24)10-12/h2-5,7-8,12H,6,9-10H2,1H3,(H,19,20)/t12-/m1/s1. The van der Waals surface area contributed by atoms with Crippen LogP contribution in [0.4, 0.5) is 5.69 Å². The number of benzene rings is 1. The monoisotopic (exact) mass is 391 g/mol. The lowest BCUT2D eigenvalue weighted by atomic mass is 10.1. The zero-order valence-electron chi connectivity index (χ0n) is 14.4. The number of carbonyl (C=O) groups is 2. The third-order valence-electron chi connectivity index (χ3n) is 3.97. The van der Waals surface area contributed by atoms with Crippen LogP contribution >= 0.6 is 0 Å². The number of hydrogen-bond acceptors (Lipinski definition) is 7. The van der Waals surface area contributed by atoms with Gasteiger partial charge in [0.25, 0.3) is 0 Å². The summed E-state index contributed by atoms with van der Waals surface area (Å²) in [4.78, 5) is 34.9. The van der Waals surface area contributed by atoms with Crippen molar-refractivity contribution in [1.82, 2.24) is 0 Å². The van der Waals surface area contributed by atoms with Gasteiger partial charge in [-0.1, -0.05) is 6.08 Å². The van der Waals surface area contributed by atoms with Crippen LogP contribution in [0.25, 0.3) is 11.0 Å². The molecule has 9 heteroatoms. The van der Waals surface area contributed by atoms with E-state index in [-0.39, 0.29) is 30.3 Å². The van der Waals surface area contributed by atoms with Crippen LogP contribution in [0, 0.1) is 5.92 Å². The molecular weight excluding hydrogens is 374 g/mol. The van der Waals surface area contributed by atoms with Crippen molar-refractivity contribution in [2.24, 2.45) is 5.92 Å². The summed E-state index contributed by atoms with van der Waals surface area (Å²) in [7, 11) is -3.23. The molecule has 1 atom stereocenters. The van der Waals surface area contributed by atoms with Gasteiger partial charge in [-0.2, -0.15) is 0 Å². The third-order valence-corrected chi connectivity index (χ3v) is 5.44. The highest BCUT2D eigenvalue weighted by molar-refractivity contribution is 7.94. The number of hydrogen-bond donors (Lipinski definition) is 1. The Labute approximate surface area is 154 Å². The van der Waals surface area contributed by atoms with Gasteiger partial charge in [-0.15, -0.1) is 0 Å². The Balaban J connectivity index is 1.72. The van der Waals surface area contributed by atoms with Gasteiger partial charge in [0, 0.05) is 47.0 Å². The topological polar surface area (TPSA) is 120 Å². The molecule has 1 aromatic carbocycles. The number of allylic oxidation sites excluding steroid dienone is 1. The molecule has 0 fully saturated rings. The van der Waals surface area contributed by atoms with Crippen molar-refractivity contribution in [2.75, 3.05) is 11.1 Å². The molecule has 1 aliphatic heterocycles. The lowest BCUT2D eigenvalue weighted by Crippen LogP contribution is -2.14. The van der Waals surface area contributed by atoms with Gasteiger partial charge in [0.05, 0.1) is 12.2 Å². The van der Waals surface area contributed by atoms with Crippen molar-refractivity contribution < 1.29 is 27.2 Å². The first kappa shape index (κ1) is 18.8. The van der Waals surface area contributed by atoms with Gasteiger partial charge in [0.1, 0.15) is 12.2 Å². The maximum absolute atomic E-state index is 12.0. The van der Waals surface area contributed by atoms with Gasteiger partial charge in [0.2, 0.25) is 5.91 Å². The van der Waals surface area contributed by atoms with Crippen molar-refractivity contribution in [3.8, 4) is 0 Å². The second-order valence-corrected chi connectivity index (χ2v) is 8.20. The molecule has 8 nitrogen and oxygen atoms in total. The van der Waals surface area contributed by atoms with E-state index in [0.717, 1.165) is 5.41 Å². The van der Waals surface area contributed by atoms with Gasteiger partial charge in [-0.25, -0.2) is 13.2 Å². The van der Waals surface area contributed by atoms with Crippen LogP contribution in [-0.2, 0) is 30.8 Å². The van der Waals surface area contributed by atoms with E-state index >= 15 is 0 Å². The van der Waals surface area contributed by atoms with E-state index in [1.807, 2.05) is 0 Å². The van der Waals surface area contributed by atoms with Crippen LogP contribution < -0.4 is 10.9 Å². The van der Waals surface area contributed by atoms with Crippen molar-refractivity contribution in [3.63, 3.8) is 0 Å². The van der Waals surface area contributed by atoms with Crippen LogP contribution in [0.1, 0.15) is 18.9 Å². The highest BCUT2D eigenvalue weighted by Crippen LogP contribution is 2.23. The maximum Gasteiger partial charge on any atom is 0.336 e. The minimum absolute atomic E-state index is 0.0538. The summed E-state index contributed by atoms with van der Waals surface area (Å²) in [5, 5.41) is 4.27. The first-order chi connectivity index (χ1) is 12.7. The third kappa shape index (κ3) is 4.82. The van der Waals surface area contributed by atoms with Gasteiger partial charge in [0.15, 0.2) is 9.84 Å². The second kappa shape index (κ2) is 7.36. The van der Waals surface area contributed by atoms with Crippen molar-refractivity contribution in [3.05, 3.63) is 51.7 Å². The Kier molecular flexibility index (Phi) is 5.13. The Morgan fingerprint density at radius 3 is 2.74 bits per heavy atom. The number of ether oxygens (including phenoxy) is 1. The maximum atomic E-state index is 12.0. The fraction of sp³-hybridized carbons (Fsp3) is 0.278. The highest BCUT2D eigenvalue weighted by atomic mass is 32.2. The zero-order chi connectivity index (χ0) is 19.6. The van der Waals surface area contributed by atoms with E-state index in [2.05, 4.69) is 5.32 Å². The molecule has 3 rings (SSSR count). The van der Waals surface area contributed by atoms with Crippen LogP contribution in [-0.4, -0.2) is 26.0 Å². The lowest BCUT2D eigenvalue weighted by Gasteiger charge is -2.10. The summed E-state index contributed by atoms with van der Waals surface area (Å²) in [5.41, 5.74) is 0.572. The van der Waals surface area contributed by atoms with Gasteiger partial charge in [-0.05, 0) is 12.1 Å². The molecule has 0 aliphatic carbocycles. The van der Waals surface area contributed by atoms with Crippen LogP contribution in [0.15, 0.2) is 45.0 Å². The quantitative estimate of drug-likeness (QED) is 0.609. The average Bonchev–Trinajstić information content (AvgIpc) is 2.90. The number of rotatable bonds is 5. The normalized spacial score (nSPS) is 17.7. The molecule has 0 bridgehead atoms. The van der Waals surface area contributed by atoms with E-state index in [9.17, 15) is 22.8 Å². The summed E-state index contributed by atoms with van der Waals surface area (Å²) >= 11 is 0. The molecule has 2 heterocycles. The Bertz CT molecular complexity index is 1100. The molecule has 1 aliphatic rings. The van der Waals surface area contributed by atoms with Gasteiger partial charge in [-0.3, -0.25) is 9.59 Å². The molecule has 1 amide bonds. The largest absolute Gasteiger partial charge is 0.461 e. The van der Waals surface area contributed by atoms with E-state index < -0.39 is 27.4 Å². The molecular formula is C18H17NO7S. The molecule has 0 saturated carbocycles. The number of anilines is 1. The molecule has 1 aromatic heterocycles. The fourth-order valence-electron chi connectivity index (χ4n) is 2.83. The zero-order valence-corrected chi connectivity index (χ0v) is 15.2. The number of fused-ring (bicyclic) bond motifs is 1. The van der Waals surface area contributed by atoms with E-state index in [1.165, 1.54) is 25.1 Å². The molecule has 27 heavy (non-hydrogen) atoms. The van der Waals surface area contributed by atoms with Crippen LogP contribution in [0.5, 0.6) is 0 Å². The highest BCUT2D eigenvalue weighted by Gasteiger charge is 2.24. The minimum Gasteiger partial charge on any atom is -0.461 e. The van der Waals surface area contributed by atoms with Crippen molar-refractivity contribution in [1.29, 1.82) is 0 Å². The predicted octanol–water partition coefficient (Wildman–Crippen LogP) is 1.74. The number of nitrogens with one attached hydrogen (secondary N) is 1. The molecule has 2 aromatic rings. The van der Waals surface area contributed by atoms with Crippen LogP contribution in [0.3, 0.4) is 0 Å². The van der Waals surface area contributed by atoms with Gasteiger partial charge >= 0.3 is 11.6 Å². The van der Waals surface area contributed by atoms with Crippen LogP contribution in [0.2, 0.25) is 0 Å². The first-order valence-corrected chi connectivity index (χ1v) is 9.84.